The molecule has 4 aromatic rings. The lowest BCUT2D eigenvalue weighted by Crippen LogP contribution is -2.40. The van der Waals surface area contributed by atoms with Gasteiger partial charge in [-0.15, -0.1) is 0 Å². The van der Waals surface area contributed by atoms with E-state index in [4.69, 9.17) is 8.74 Å². The topological polar surface area (TPSA) is 119 Å². The van der Waals surface area contributed by atoms with E-state index in [-0.39, 0.29) is 17.0 Å². The van der Waals surface area contributed by atoms with Crippen LogP contribution in [0.5, 0.6) is 5.75 Å². The van der Waals surface area contributed by atoms with Gasteiger partial charge in [-0.2, -0.15) is 4.21 Å². The molecular formula is C23H24N4O5S. The first kappa shape index (κ1) is 22.7. The minimum atomic E-state index is -2.39. The summed E-state index contributed by atoms with van der Waals surface area (Å²) in [7, 11) is 0. The predicted octanol–water partition coefficient (Wildman–Crippen LogP) is 2.65. The van der Waals surface area contributed by atoms with E-state index >= 15 is 0 Å². The second-order valence-corrected chi connectivity index (χ2v) is 8.23. The number of nitrogens with zero attached hydrogens (tertiary/aromatic N) is 3. The third-order valence-corrected chi connectivity index (χ3v) is 5.62. The van der Waals surface area contributed by atoms with Crippen molar-refractivity contribution in [3.05, 3.63) is 92.4 Å². The number of benzene rings is 2. The van der Waals surface area contributed by atoms with Gasteiger partial charge in [-0.05, 0) is 36.1 Å². The third-order valence-electron chi connectivity index (χ3n) is 5.29. The number of fused-ring (bicyclic) bond motifs is 1. The van der Waals surface area contributed by atoms with E-state index in [2.05, 4.69) is 9.97 Å². The number of hydrogen-bond acceptors (Lipinski definition) is 5. The van der Waals surface area contributed by atoms with Crippen molar-refractivity contribution in [2.24, 2.45) is 0 Å². The van der Waals surface area contributed by atoms with Gasteiger partial charge in [-0.25, -0.2) is 9.78 Å². The Morgan fingerprint density at radius 1 is 1.00 bits per heavy atom. The molecule has 1 atom stereocenters. The van der Waals surface area contributed by atoms with Crippen molar-refractivity contribution in [1.29, 1.82) is 0 Å². The Bertz CT molecular complexity index is 1390. The smallest absolute Gasteiger partial charge is 0.357 e. The highest BCUT2D eigenvalue weighted by Crippen LogP contribution is 2.16. The minimum Gasteiger partial charge on any atom is -0.380 e. The number of rotatable bonds is 9. The highest BCUT2D eigenvalue weighted by Gasteiger charge is 2.17. The van der Waals surface area contributed by atoms with Gasteiger partial charge in [0.1, 0.15) is 17.1 Å². The Labute approximate surface area is 192 Å². The van der Waals surface area contributed by atoms with Crippen LogP contribution in [0.1, 0.15) is 30.3 Å². The molecular weight excluding hydrogens is 444 g/mol. The molecule has 0 aliphatic heterocycles. The maximum atomic E-state index is 13.1. The molecule has 0 radical (unpaired) electrons. The van der Waals surface area contributed by atoms with E-state index in [0.717, 1.165) is 11.1 Å². The van der Waals surface area contributed by atoms with Crippen LogP contribution in [0.25, 0.3) is 11.2 Å². The summed E-state index contributed by atoms with van der Waals surface area (Å²) in [6.07, 6.45) is 1.68. The molecule has 172 valence electrons. The molecule has 0 saturated heterocycles. The van der Waals surface area contributed by atoms with E-state index in [1.165, 1.54) is 4.57 Å². The predicted molar refractivity (Wildman–Crippen MR) is 126 cm³/mol. The maximum absolute atomic E-state index is 13.1. The summed E-state index contributed by atoms with van der Waals surface area (Å²) in [4.78, 5) is 33.8. The summed E-state index contributed by atoms with van der Waals surface area (Å²) < 4.78 is 27.1. The van der Waals surface area contributed by atoms with Crippen LogP contribution < -0.4 is 15.4 Å². The summed E-state index contributed by atoms with van der Waals surface area (Å²) in [5.41, 5.74) is 1.87. The molecule has 0 fully saturated rings. The maximum Gasteiger partial charge on any atom is 0.357 e. The van der Waals surface area contributed by atoms with E-state index in [0.29, 0.717) is 49.3 Å². The van der Waals surface area contributed by atoms with Crippen LogP contribution in [0.15, 0.2) is 64.2 Å². The number of aryl methyl sites for hydroxylation is 2. The Morgan fingerprint density at radius 2 is 1.73 bits per heavy atom. The monoisotopic (exact) mass is 468 g/mol. The fourth-order valence-electron chi connectivity index (χ4n) is 3.74. The molecule has 0 aliphatic rings. The van der Waals surface area contributed by atoms with Gasteiger partial charge >= 0.3 is 17.1 Å². The van der Waals surface area contributed by atoms with Crippen molar-refractivity contribution in [2.45, 2.75) is 39.3 Å². The van der Waals surface area contributed by atoms with Crippen molar-refractivity contribution in [3.8, 4) is 5.75 Å². The molecule has 9 nitrogen and oxygen atoms in total. The van der Waals surface area contributed by atoms with Crippen molar-refractivity contribution in [3.63, 3.8) is 0 Å². The van der Waals surface area contributed by atoms with Crippen molar-refractivity contribution >= 4 is 22.5 Å². The molecule has 4 rings (SSSR count). The number of H-pyrrole nitrogens is 1. The van der Waals surface area contributed by atoms with Crippen LogP contribution in [0, 0.1) is 0 Å². The van der Waals surface area contributed by atoms with Crippen LogP contribution in [-0.2, 0) is 37.3 Å². The number of nitrogens with one attached hydrogen (secondary N) is 1. The number of aromatic amines is 1. The van der Waals surface area contributed by atoms with E-state index in [9.17, 15) is 13.8 Å². The summed E-state index contributed by atoms with van der Waals surface area (Å²) in [6.45, 7) is 2.65. The molecule has 0 spiro atoms. The molecule has 0 aliphatic carbocycles. The first-order chi connectivity index (χ1) is 16.0. The molecule has 0 saturated carbocycles. The lowest BCUT2D eigenvalue weighted by atomic mass is 10.1. The van der Waals surface area contributed by atoms with Crippen LogP contribution >= 0.6 is 0 Å². The molecule has 1 unspecified atom stereocenters. The second kappa shape index (κ2) is 9.97. The van der Waals surface area contributed by atoms with Gasteiger partial charge in [0.25, 0.3) is 5.56 Å². The lowest BCUT2D eigenvalue weighted by Gasteiger charge is -2.10. The largest absolute Gasteiger partial charge is 0.380 e. The van der Waals surface area contributed by atoms with Crippen LogP contribution in [-0.4, -0.2) is 27.9 Å². The van der Waals surface area contributed by atoms with Crippen molar-refractivity contribution in [2.75, 3.05) is 0 Å². The molecule has 0 amide bonds. The number of hydrogen-bond donors (Lipinski definition) is 2. The quantitative estimate of drug-likeness (QED) is 0.365. The number of aromatic nitrogens is 4. The zero-order valence-electron chi connectivity index (χ0n) is 18.1. The molecule has 10 heteroatoms. The average molecular weight is 469 g/mol. The first-order valence-corrected chi connectivity index (χ1v) is 11.6. The fraction of sp³-hybridized carbons (Fsp3) is 0.261. The molecule has 2 aromatic heterocycles. The first-order valence-electron chi connectivity index (χ1n) is 10.6. The zero-order chi connectivity index (χ0) is 23.4. The van der Waals surface area contributed by atoms with Gasteiger partial charge in [0.05, 0.1) is 0 Å². The Hall–Kier alpha value is -3.50. The molecule has 0 bridgehead atoms. The zero-order valence-corrected chi connectivity index (χ0v) is 18.9. The highest BCUT2D eigenvalue weighted by atomic mass is 32.2. The van der Waals surface area contributed by atoms with Gasteiger partial charge in [-0.3, -0.25) is 18.5 Å². The Balaban J connectivity index is 1.70. The minimum absolute atomic E-state index is 0.265. The van der Waals surface area contributed by atoms with Gasteiger partial charge < -0.3 is 9.17 Å². The van der Waals surface area contributed by atoms with Crippen molar-refractivity contribution in [1.82, 2.24) is 19.1 Å². The molecule has 2 aromatic carbocycles. The van der Waals surface area contributed by atoms with Crippen LogP contribution in [0.3, 0.4) is 0 Å². The summed E-state index contributed by atoms with van der Waals surface area (Å²) in [5, 5.41) is 0. The molecule has 2 heterocycles. The Kier molecular flexibility index (Phi) is 6.85. The van der Waals surface area contributed by atoms with Gasteiger partial charge in [0, 0.05) is 19.5 Å². The number of imidazole rings is 1. The lowest BCUT2D eigenvalue weighted by molar-refractivity contribution is 0.458. The molecule has 33 heavy (non-hydrogen) atoms. The van der Waals surface area contributed by atoms with E-state index < -0.39 is 11.4 Å². The fourth-order valence-corrected chi connectivity index (χ4v) is 4.02. The van der Waals surface area contributed by atoms with Crippen LogP contribution in [0.4, 0.5) is 0 Å². The normalized spacial score (nSPS) is 12.2. The second-order valence-electron chi connectivity index (χ2n) is 7.63. The van der Waals surface area contributed by atoms with Crippen LogP contribution in [0.2, 0.25) is 0 Å². The molecule has 2 N–H and O–H groups in total. The van der Waals surface area contributed by atoms with E-state index in [1.807, 2.05) is 37.3 Å². The average Bonchev–Trinajstić information content (AvgIpc) is 3.22. The standard InChI is InChI=1S/C23H24N4O5S/c1-2-13-27-22(28)20-21(26(23(27)29)14-12-16-6-4-3-5-7-16)25-19(24-20)15-17-8-10-18(11-9-17)32-33(30)31/h3-11H,2,12-15H2,1H3,(H,24,25)(H,30,31). The van der Waals surface area contributed by atoms with Gasteiger partial charge in [0.15, 0.2) is 5.65 Å². The van der Waals surface area contributed by atoms with E-state index in [1.54, 1.807) is 28.8 Å². The highest BCUT2D eigenvalue weighted by molar-refractivity contribution is 7.74. The third kappa shape index (κ3) is 5.12. The van der Waals surface area contributed by atoms with Gasteiger partial charge in [0.2, 0.25) is 0 Å². The summed E-state index contributed by atoms with van der Waals surface area (Å²) in [6, 6.07) is 16.5. The SMILES string of the molecule is CCCn1c(=O)c2[nH]c(Cc3ccc(OS(=O)O)cc3)nc2n(CCc2ccccc2)c1=O. The summed E-state index contributed by atoms with van der Waals surface area (Å²) in [5.74, 6) is 0.810. The Morgan fingerprint density at radius 3 is 2.39 bits per heavy atom. The summed E-state index contributed by atoms with van der Waals surface area (Å²) >= 11 is -2.39. The van der Waals surface area contributed by atoms with Crippen molar-refractivity contribution < 1.29 is 12.9 Å². The van der Waals surface area contributed by atoms with Gasteiger partial charge in [-0.1, -0.05) is 49.4 Å².